The van der Waals surface area contributed by atoms with Crippen LogP contribution in [0.25, 0.3) is 0 Å². The van der Waals surface area contributed by atoms with E-state index < -0.39 is 0 Å². The first-order chi connectivity index (χ1) is 12.6. The molecule has 0 bridgehead atoms. The largest absolute Gasteiger partial charge is 0.347 e. The molecule has 1 amide bonds. The van der Waals surface area contributed by atoms with Gasteiger partial charge in [-0.1, -0.05) is 54.1 Å². The number of hydrogen-bond donors (Lipinski definition) is 3. The second-order valence-corrected chi connectivity index (χ2v) is 7.58. The number of nitrogens with one attached hydrogen (secondary N) is 3. The molecule has 1 aliphatic rings. The van der Waals surface area contributed by atoms with Crippen molar-refractivity contribution in [1.29, 1.82) is 0 Å². The SMILES string of the molecule is C[C@H](C(=O)NCc1ccccc1)[NH+]1CC[NH+](Cc2cccc(Cl)c2)CC1. The number of carbonyl (C=O) groups excluding carboxylic acids is 1. The summed E-state index contributed by atoms with van der Waals surface area (Å²) in [4.78, 5) is 15.4. The zero-order chi connectivity index (χ0) is 18.4. The van der Waals surface area contributed by atoms with E-state index in [1.54, 1.807) is 4.90 Å². The number of hydrogen-bond acceptors (Lipinski definition) is 1. The number of amides is 1. The molecular weight excluding hydrogens is 346 g/mol. The Morgan fingerprint density at radius 3 is 2.42 bits per heavy atom. The molecule has 1 atom stereocenters. The predicted molar refractivity (Wildman–Crippen MR) is 104 cm³/mol. The van der Waals surface area contributed by atoms with Gasteiger partial charge in [0.25, 0.3) is 5.91 Å². The van der Waals surface area contributed by atoms with E-state index in [0.717, 1.165) is 43.3 Å². The molecular formula is C21H28ClN3O+2. The third-order valence-electron chi connectivity index (χ3n) is 5.26. The van der Waals surface area contributed by atoms with Gasteiger partial charge in [0.15, 0.2) is 6.04 Å². The molecule has 0 aliphatic carbocycles. The average molecular weight is 374 g/mol. The quantitative estimate of drug-likeness (QED) is 0.670. The van der Waals surface area contributed by atoms with E-state index in [2.05, 4.69) is 11.4 Å². The molecule has 26 heavy (non-hydrogen) atoms. The molecule has 1 fully saturated rings. The highest BCUT2D eigenvalue weighted by molar-refractivity contribution is 6.30. The van der Waals surface area contributed by atoms with Gasteiger partial charge in [0.1, 0.15) is 32.7 Å². The maximum Gasteiger partial charge on any atom is 0.278 e. The maximum atomic E-state index is 12.5. The third kappa shape index (κ3) is 5.31. The van der Waals surface area contributed by atoms with Crippen LogP contribution < -0.4 is 15.1 Å². The number of rotatable bonds is 6. The molecule has 3 N–H and O–H groups in total. The number of quaternary nitrogens is 2. The molecule has 0 unspecified atom stereocenters. The Morgan fingerprint density at radius 2 is 1.73 bits per heavy atom. The van der Waals surface area contributed by atoms with Crippen LogP contribution in [0, 0.1) is 0 Å². The van der Waals surface area contributed by atoms with Gasteiger partial charge in [-0.15, -0.1) is 0 Å². The summed E-state index contributed by atoms with van der Waals surface area (Å²) in [5.41, 5.74) is 2.42. The fraction of sp³-hybridized carbons (Fsp3) is 0.381. The van der Waals surface area contributed by atoms with Crippen molar-refractivity contribution in [1.82, 2.24) is 5.32 Å². The van der Waals surface area contributed by atoms with Gasteiger partial charge in [-0.25, -0.2) is 0 Å². The standard InChI is InChI=1S/C21H26ClN3O/c1-17(21(26)23-15-18-6-3-2-4-7-18)25-12-10-24(11-13-25)16-19-8-5-9-20(22)14-19/h2-9,14,17H,10-13,15-16H2,1H3,(H,23,26)/p+2/t17-/m1/s1. The van der Waals surface area contributed by atoms with Crippen molar-refractivity contribution in [2.45, 2.75) is 26.1 Å². The van der Waals surface area contributed by atoms with Crippen molar-refractivity contribution < 1.29 is 14.6 Å². The van der Waals surface area contributed by atoms with Gasteiger partial charge in [-0.2, -0.15) is 0 Å². The molecule has 3 rings (SSSR count). The molecule has 5 heteroatoms. The lowest BCUT2D eigenvalue weighted by Gasteiger charge is -2.32. The summed E-state index contributed by atoms with van der Waals surface area (Å²) in [7, 11) is 0. The molecule has 1 heterocycles. The van der Waals surface area contributed by atoms with Crippen LogP contribution in [0.2, 0.25) is 5.02 Å². The van der Waals surface area contributed by atoms with Crippen LogP contribution in [0.1, 0.15) is 18.1 Å². The highest BCUT2D eigenvalue weighted by Crippen LogP contribution is 2.09. The fourth-order valence-corrected chi connectivity index (χ4v) is 3.81. The Labute approximate surface area is 160 Å². The Hall–Kier alpha value is -1.88. The molecule has 138 valence electrons. The second-order valence-electron chi connectivity index (χ2n) is 7.14. The van der Waals surface area contributed by atoms with Crippen LogP contribution in [0.3, 0.4) is 0 Å². The van der Waals surface area contributed by atoms with E-state index in [0.29, 0.717) is 6.54 Å². The first-order valence-electron chi connectivity index (χ1n) is 9.36. The van der Waals surface area contributed by atoms with Crippen LogP contribution in [0.15, 0.2) is 54.6 Å². The van der Waals surface area contributed by atoms with Crippen LogP contribution in [-0.2, 0) is 17.9 Å². The van der Waals surface area contributed by atoms with Crippen LogP contribution >= 0.6 is 11.6 Å². The zero-order valence-electron chi connectivity index (χ0n) is 15.3. The summed E-state index contributed by atoms with van der Waals surface area (Å²) >= 11 is 6.08. The molecule has 0 radical (unpaired) electrons. The van der Waals surface area contributed by atoms with Crippen molar-refractivity contribution in [3.63, 3.8) is 0 Å². The lowest BCUT2D eigenvalue weighted by atomic mass is 10.1. The van der Waals surface area contributed by atoms with E-state index in [1.165, 1.54) is 10.5 Å². The topological polar surface area (TPSA) is 38.0 Å². The molecule has 0 saturated carbocycles. The van der Waals surface area contributed by atoms with Crippen LogP contribution in [-0.4, -0.2) is 38.1 Å². The molecule has 0 spiro atoms. The third-order valence-corrected chi connectivity index (χ3v) is 5.49. The fourth-order valence-electron chi connectivity index (χ4n) is 3.59. The summed E-state index contributed by atoms with van der Waals surface area (Å²) < 4.78 is 0. The Balaban J connectivity index is 1.44. The van der Waals surface area contributed by atoms with Crippen molar-refractivity contribution in [3.8, 4) is 0 Å². The van der Waals surface area contributed by atoms with Gasteiger partial charge in [-0.3, -0.25) is 4.79 Å². The molecule has 1 aliphatic heterocycles. The Kier molecular flexibility index (Phi) is 6.67. The number of benzene rings is 2. The van der Waals surface area contributed by atoms with E-state index in [9.17, 15) is 4.79 Å². The highest BCUT2D eigenvalue weighted by atomic mass is 35.5. The van der Waals surface area contributed by atoms with E-state index in [-0.39, 0.29) is 11.9 Å². The normalized spacial score (nSPS) is 21.2. The van der Waals surface area contributed by atoms with Gasteiger partial charge < -0.3 is 15.1 Å². The highest BCUT2D eigenvalue weighted by Gasteiger charge is 2.30. The molecule has 2 aromatic rings. The second kappa shape index (κ2) is 9.17. The number of carbonyl (C=O) groups is 1. The van der Waals surface area contributed by atoms with Gasteiger partial charge in [0, 0.05) is 17.1 Å². The minimum absolute atomic E-state index is 0.00793. The van der Waals surface area contributed by atoms with Crippen molar-refractivity contribution >= 4 is 17.5 Å². The average Bonchev–Trinajstić information content (AvgIpc) is 2.67. The van der Waals surface area contributed by atoms with E-state index in [4.69, 9.17) is 11.6 Å². The molecule has 2 aromatic carbocycles. The van der Waals surface area contributed by atoms with Crippen molar-refractivity contribution in [3.05, 3.63) is 70.7 Å². The lowest BCUT2D eigenvalue weighted by molar-refractivity contribution is -1.02. The van der Waals surface area contributed by atoms with Gasteiger partial charge in [-0.05, 0) is 24.6 Å². The lowest BCUT2D eigenvalue weighted by Crippen LogP contribution is -3.29. The number of halogens is 1. The zero-order valence-corrected chi connectivity index (χ0v) is 16.1. The maximum absolute atomic E-state index is 12.5. The number of piperazine rings is 1. The summed E-state index contributed by atoms with van der Waals surface area (Å²) in [6.45, 7) is 7.85. The van der Waals surface area contributed by atoms with Crippen molar-refractivity contribution in [2.24, 2.45) is 0 Å². The summed E-state index contributed by atoms with van der Waals surface area (Å²) in [6.07, 6.45) is 0. The minimum atomic E-state index is -0.00793. The van der Waals surface area contributed by atoms with Crippen molar-refractivity contribution in [2.75, 3.05) is 26.2 Å². The monoisotopic (exact) mass is 373 g/mol. The van der Waals surface area contributed by atoms with E-state index >= 15 is 0 Å². The van der Waals surface area contributed by atoms with Crippen LogP contribution in [0.4, 0.5) is 0 Å². The minimum Gasteiger partial charge on any atom is -0.347 e. The van der Waals surface area contributed by atoms with E-state index in [1.807, 2.05) is 55.5 Å². The van der Waals surface area contributed by atoms with Gasteiger partial charge >= 0.3 is 0 Å². The predicted octanol–water partition coefficient (Wildman–Crippen LogP) is 0.328. The molecule has 4 nitrogen and oxygen atoms in total. The van der Waals surface area contributed by atoms with Crippen LogP contribution in [0.5, 0.6) is 0 Å². The van der Waals surface area contributed by atoms with Gasteiger partial charge in [0.2, 0.25) is 0 Å². The summed E-state index contributed by atoms with van der Waals surface area (Å²) in [5, 5.41) is 3.87. The van der Waals surface area contributed by atoms with Gasteiger partial charge in [0.05, 0.1) is 0 Å². The Bertz CT molecular complexity index is 714. The first kappa shape index (κ1) is 18.9. The first-order valence-corrected chi connectivity index (χ1v) is 9.74. The summed E-state index contributed by atoms with van der Waals surface area (Å²) in [5.74, 6) is 0.141. The summed E-state index contributed by atoms with van der Waals surface area (Å²) in [6, 6.07) is 18.2. The molecule has 1 saturated heterocycles. The smallest absolute Gasteiger partial charge is 0.278 e. The molecule has 0 aromatic heterocycles. The Morgan fingerprint density at radius 1 is 1.04 bits per heavy atom.